The maximum atomic E-state index is 14.0. The van der Waals surface area contributed by atoms with Crippen molar-refractivity contribution in [1.29, 1.82) is 0 Å². The lowest BCUT2D eigenvalue weighted by molar-refractivity contribution is -0.152. The van der Waals surface area contributed by atoms with Gasteiger partial charge >= 0.3 is 6.09 Å². The van der Waals surface area contributed by atoms with E-state index in [4.69, 9.17) is 14.2 Å². The highest BCUT2D eigenvalue weighted by atomic mass is 16.6. The lowest BCUT2D eigenvalue weighted by Crippen LogP contribution is -2.59. The molecule has 0 bridgehead atoms. The SMILES string of the molecule is CCc1ccccc1OCCC[C@@]1(Oc2ccccc2)CCCN1C(=O)[C@@H](NC(=O)OC(C)(C)C)C(C)C. The summed E-state index contributed by atoms with van der Waals surface area (Å²) in [6, 6.07) is 17.0. The smallest absolute Gasteiger partial charge is 0.408 e. The molecule has 2 aromatic carbocycles. The maximum absolute atomic E-state index is 14.0. The fraction of sp³-hybridized carbons (Fsp3) is 0.548. The zero-order valence-corrected chi connectivity index (χ0v) is 23.8. The summed E-state index contributed by atoms with van der Waals surface area (Å²) in [6.45, 7) is 12.5. The van der Waals surface area contributed by atoms with Gasteiger partial charge in [-0.1, -0.05) is 57.2 Å². The summed E-state index contributed by atoms with van der Waals surface area (Å²) < 4.78 is 18.2. The molecule has 1 N–H and O–H groups in total. The number of rotatable bonds is 11. The predicted octanol–water partition coefficient (Wildman–Crippen LogP) is 6.36. The number of benzene rings is 2. The minimum absolute atomic E-state index is 0.126. The molecule has 208 valence electrons. The van der Waals surface area contributed by atoms with Gasteiger partial charge in [-0.3, -0.25) is 4.79 Å². The Balaban J connectivity index is 1.79. The van der Waals surface area contributed by atoms with Crippen molar-refractivity contribution in [2.45, 2.75) is 91.0 Å². The van der Waals surface area contributed by atoms with Crippen molar-refractivity contribution in [1.82, 2.24) is 10.2 Å². The summed E-state index contributed by atoms with van der Waals surface area (Å²) in [4.78, 5) is 28.4. The number of carbonyl (C=O) groups excluding carboxylic acids is 2. The van der Waals surface area contributed by atoms with Crippen LogP contribution in [0.3, 0.4) is 0 Å². The van der Waals surface area contributed by atoms with Gasteiger partial charge in [-0.2, -0.15) is 0 Å². The summed E-state index contributed by atoms with van der Waals surface area (Å²) in [7, 11) is 0. The van der Waals surface area contributed by atoms with Crippen LogP contribution in [0.4, 0.5) is 4.79 Å². The number of carbonyl (C=O) groups is 2. The normalized spacial score (nSPS) is 18.2. The summed E-state index contributed by atoms with van der Waals surface area (Å²) in [5.74, 6) is 1.33. The highest BCUT2D eigenvalue weighted by molar-refractivity contribution is 5.86. The minimum Gasteiger partial charge on any atom is -0.493 e. The molecular weight excluding hydrogens is 480 g/mol. The van der Waals surface area contributed by atoms with Crippen LogP contribution in [0.2, 0.25) is 0 Å². The Hall–Kier alpha value is -3.22. The van der Waals surface area contributed by atoms with Crippen molar-refractivity contribution < 1.29 is 23.8 Å². The van der Waals surface area contributed by atoms with E-state index in [1.54, 1.807) is 20.8 Å². The van der Waals surface area contributed by atoms with E-state index in [2.05, 4.69) is 18.3 Å². The van der Waals surface area contributed by atoms with Gasteiger partial charge in [-0.05, 0) is 69.7 Å². The van der Waals surface area contributed by atoms with Crippen LogP contribution in [-0.2, 0) is 16.0 Å². The van der Waals surface area contributed by atoms with E-state index in [9.17, 15) is 9.59 Å². The predicted molar refractivity (Wildman–Crippen MR) is 149 cm³/mol. The van der Waals surface area contributed by atoms with Crippen molar-refractivity contribution in [3.63, 3.8) is 0 Å². The Morgan fingerprint density at radius 1 is 1.05 bits per heavy atom. The van der Waals surface area contributed by atoms with Crippen LogP contribution in [0.25, 0.3) is 0 Å². The minimum atomic E-state index is -0.825. The fourth-order valence-electron chi connectivity index (χ4n) is 4.87. The Morgan fingerprint density at radius 3 is 2.39 bits per heavy atom. The first-order valence-electron chi connectivity index (χ1n) is 13.8. The summed E-state index contributed by atoms with van der Waals surface area (Å²) >= 11 is 0. The molecule has 7 heteroatoms. The first-order valence-corrected chi connectivity index (χ1v) is 13.8. The molecule has 0 saturated carbocycles. The van der Waals surface area contributed by atoms with Gasteiger partial charge in [-0.15, -0.1) is 0 Å². The third-order valence-corrected chi connectivity index (χ3v) is 6.69. The Morgan fingerprint density at radius 2 is 1.74 bits per heavy atom. The molecule has 7 nitrogen and oxygen atoms in total. The third-order valence-electron chi connectivity index (χ3n) is 6.69. The van der Waals surface area contributed by atoms with Crippen LogP contribution >= 0.6 is 0 Å². The zero-order chi connectivity index (χ0) is 27.8. The van der Waals surface area contributed by atoms with Crippen LogP contribution in [-0.4, -0.2) is 47.4 Å². The number of nitrogens with one attached hydrogen (secondary N) is 1. The average molecular weight is 525 g/mol. The lowest BCUT2D eigenvalue weighted by atomic mass is 9.99. The molecular formula is C31H44N2O5. The summed E-state index contributed by atoms with van der Waals surface area (Å²) in [6.07, 6.45) is 3.15. The topological polar surface area (TPSA) is 77.1 Å². The Labute approximate surface area is 227 Å². The van der Waals surface area contributed by atoms with Crippen LogP contribution in [0.1, 0.15) is 72.8 Å². The largest absolute Gasteiger partial charge is 0.493 e. The van der Waals surface area contributed by atoms with Crippen molar-refractivity contribution in [2.24, 2.45) is 5.92 Å². The van der Waals surface area contributed by atoms with Gasteiger partial charge in [0, 0.05) is 19.4 Å². The van der Waals surface area contributed by atoms with E-state index >= 15 is 0 Å². The second-order valence-corrected chi connectivity index (χ2v) is 11.2. The molecule has 3 rings (SSSR count). The standard InChI is InChI=1S/C31H44N2O5/c1-7-24-15-11-12-18-26(24)36-22-14-20-31(37-25-16-9-8-10-17-25)19-13-21-33(31)28(34)27(23(2)3)32-29(35)38-30(4,5)6/h8-12,15-18,23,27H,7,13-14,19-22H2,1-6H3,(H,32,35)/t27-,31-/m0/s1. The van der Waals surface area contributed by atoms with Gasteiger partial charge in [0.15, 0.2) is 5.72 Å². The van der Waals surface area contributed by atoms with E-state index in [0.717, 1.165) is 18.6 Å². The van der Waals surface area contributed by atoms with E-state index in [-0.39, 0.29) is 11.8 Å². The van der Waals surface area contributed by atoms with Gasteiger partial charge in [0.2, 0.25) is 5.91 Å². The number of amides is 2. The van der Waals surface area contributed by atoms with Gasteiger partial charge in [0.25, 0.3) is 0 Å². The second kappa shape index (κ2) is 13.0. The molecule has 1 aliphatic heterocycles. The first-order chi connectivity index (χ1) is 18.0. The Kier molecular flexibility index (Phi) is 10.1. The molecule has 1 fully saturated rings. The molecule has 38 heavy (non-hydrogen) atoms. The number of hydrogen-bond acceptors (Lipinski definition) is 5. The number of nitrogens with zero attached hydrogens (tertiary/aromatic N) is 1. The number of aryl methyl sites for hydroxylation is 1. The van der Waals surface area contributed by atoms with E-state index in [1.807, 2.05) is 67.3 Å². The van der Waals surface area contributed by atoms with Gasteiger partial charge in [-0.25, -0.2) is 4.79 Å². The van der Waals surface area contributed by atoms with Gasteiger partial charge in [0.1, 0.15) is 23.1 Å². The van der Waals surface area contributed by atoms with E-state index in [0.29, 0.717) is 38.2 Å². The molecule has 2 amide bonds. The van der Waals surface area contributed by atoms with Gasteiger partial charge < -0.3 is 24.4 Å². The molecule has 0 spiro atoms. The molecule has 1 aliphatic rings. The highest BCUT2D eigenvalue weighted by Gasteiger charge is 2.48. The number of ether oxygens (including phenoxy) is 3. The molecule has 2 aromatic rings. The summed E-state index contributed by atoms with van der Waals surface area (Å²) in [5.41, 5.74) is -0.304. The summed E-state index contributed by atoms with van der Waals surface area (Å²) in [5, 5.41) is 2.82. The molecule has 0 aromatic heterocycles. The first kappa shape index (κ1) is 29.3. The van der Waals surface area contributed by atoms with E-state index < -0.39 is 23.5 Å². The molecule has 0 radical (unpaired) electrons. The van der Waals surface area contributed by atoms with Crippen molar-refractivity contribution >= 4 is 12.0 Å². The monoisotopic (exact) mass is 524 g/mol. The van der Waals surface area contributed by atoms with Crippen molar-refractivity contribution in [3.8, 4) is 11.5 Å². The fourth-order valence-corrected chi connectivity index (χ4v) is 4.87. The molecule has 1 heterocycles. The number of hydrogen-bond donors (Lipinski definition) is 1. The van der Waals surface area contributed by atoms with Crippen LogP contribution in [0, 0.1) is 5.92 Å². The average Bonchev–Trinajstić information content (AvgIpc) is 3.27. The lowest BCUT2D eigenvalue weighted by Gasteiger charge is -2.41. The molecule has 2 atom stereocenters. The van der Waals surface area contributed by atoms with Crippen molar-refractivity contribution in [3.05, 3.63) is 60.2 Å². The van der Waals surface area contributed by atoms with Gasteiger partial charge in [0.05, 0.1) is 6.61 Å². The number of alkyl carbamates (subject to hydrolysis) is 1. The molecule has 0 aliphatic carbocycles. The van der Waals surface area contributed by atoms with Crippen LogP contribution in [0.5, 0.6) is 11.5 Å². The molecule has 0 unspecified atom stereocenters. The zero-order valence-electron chi connectivity index (χ0n) is 23.8. The van der Waals surface area contributed by atoms with E-state index in [1.165, 1.54) is 5.56 Å². The van der Waals surface area contributed by atoms with Crippen molar-refractivity contribution in [2.75, 3.05) is 13.2 Å². The van der Waals surface area contributed by atoms with Crippen LogP contribution in [0.15, 0.2) is 54.6 Å². The Bertz CT molecular complexity index is 1050. The molecule has 1 saturated heterocycles. The number of likely N-dealkylation sites (tertiary alicyclic amines) is 1. The number of para-hydroxylation sites is 2. The second-order valence-electron chi connectivity index (χ2n) is 11.2. The highest BCUT2D eigenvalue weighted by Crippen LogP contribution is 2.37. The maximum Gasteiger partial charge on any atom is 0.408 e. The van der Waals surface area contributed by atoms with Crippen LogP contribution < -0.4 is 14.8 Å². The third kappa shape index (κ3) is 7.89. The quantitative estimate of drug-likeness (QED) is 0.346.